The van der Waals surface area contributed by atoms with E-state index < -0.39 is 0 Å². The standard InChI is InChI=1S/C10H17N/c1-4-9(2)6-5-7-10(3)8-11/h4,7H,1-2,5-6,8,11H2,3H3/b10-7+. The van der Waals surface area contributed by atoms with E-state index in [1.165, 1.54) is 5.57 Å². The molecule has 0 aliphatic rings. The minimum Gasteiger partial charge on any atom is -0.327 e. The normalized spacial score (nSPS) is 11.3. The number of hydrogen-bond donors (Lipinski definition) is 1. The second-order valence-electron chi connectivity index (χ2n) is 2.66. The van der Waals surface area contributed by atoms with Gasteiger partial charge in [-0.1, -0.05) is 36.5 Å². The van der Waals surface area contributed by atoms with Crippen molar-refractivity contribution in [3.05, 3.63) is 36.5 Å². The fourth-order valence-corrected chi connectivity index (χ4v) is 0.689. The second-order valence-corrected chi connectivity index (χ2v) is 2.66. The van der Waals surface area contributed by atoms with Gasteiger partial charge in [0.2, 0.25) is 0 Å². The van der Waals surface area contributed by atoms with Crippen LogP contribution < -0.4 is 5.73 Å². The Balaban J connectivity index is 3.55. The third-order valence-electron chi connectivity index (χ3n) is 1.57. The fourth-order valence-electron chi connectivity index (χ4n) is 0.689. The summed E-state index contributed by atoms with van der Waals surface area (Å²) in [4.78, 5) is 0. The molecule has 1 heteroatoms. The van der Waals surface area contributed by atoms with E-state index in [1.807, 2.05) is 6.92 Å². The van der Waals surface area contributed by atoms with E-state index in [0.717, 1.165) is 18.4 Å². The van der Waals surface area contributed by atoms with Gasteiger partial charge in [0.05, 0.1) is 0 Å². The molecule has 0 fully saturated rings. The number of nitrogens with two attached hydrogens (primary N) is 1. The summed E-state index contributed by atoms with van der Waals surface area (Å²) < 4.78 is 0. The van der Waals surface area contributed by atoms with Crippen LogP contribution in [0.15, 0.2) is 36.5 Å². The Kier molecular flexibility index (Phi) is 5.49. The lowest BCUT2D eigenvalue weighted by atomic mass is 10.1. The molecule has 0 aliphatic carbocycles. The number of hydrogen-bond acceptors (Lipinski definition) is 1. The van der Waals surface area contributed by atoms with Gasteiger partial charge in [0.15, 0.2) is 0 Å². The van der Waals surface area contributed by atoms with Gasteiger partial charge in [0, 0.05) is 6.54 Å². The second kappa shape index (κ2) is 5.93. The predicted molar refractivity (Wildman–Crippen MR) is 51.4 cm³/mol. The summed E-state index contributed by atoms with van der Waals surface area (Å²) >= 11 is 0. The Hall–Kier alpha value is -0.820. The molecule has 0 aliphatic heterocycles. The summed E-state index contributed by atoms with van der Waals surface area (Å²) in [6, 6.07) is 0. The topological polar surface area (TPSA) is 26.0 Å². The summed E-state index contributed by atoms with van der Waals surface area (Å²) in [6.07, 6.45) is 5.95. The molecule has 0 saturated heterocycles. The van der Waals surface area contributed by atoms with Gasteiger partial charge in [0.1, 0.15) is 0 Å². The summed E-state index contributed by atoms with van der Waals surface area (Å²) in [5.74, 6) is 0. The average molecular weight is 151 g/mol. The van der Waals surface area contributed by atoms with Crippen molar-refractivity contribution >= 4 is 0 Å². The maximum absolute atomic E-state index is 5.41. The molecule has 1 nitrogen and oxygen atoms in total. The van der Waals surface area contributed by atoms with Crippen molar-refractivity contribution in [1.82, 2.24) is 0 Å². The Morgan fingerprint density at radius 1 is 1.55 bits per heavy atom. The first-order valence-electron chi connectivity index (χ1n) is 3.86. The summed E-state index contributed by atoms with van der Waals surface area (Å²) in [7, 11) is 0. The Morgan fingerprint density at radius 2 is 2.18 bits per heavy atom. The minimum atomic E-state index is 0.653. The van der Waals surface area contributed by atoms with Crippen molar-refractivity contribution in [1.29, 1.82) is 0 Å². The van der Waals surface area contributed by atoms with E-state index in [-0.39, 0.29) is 0 Å². The van der Waals surface area contributed by atoms with E-state index in [4.69, 9.17) is 5.73 Å². The molecule has 0 aromatic rings. The molecule has 0 atom stereocenters. The van der Waals surface area contributed by atoms with Gasteiger partial charge in [-0.25, -0.2) is 0 Å². The van der Waals surface area contributed by atoms with E-state index in [0.29, 0.717) is 6.54 Å². The molecule has 0 aromatic carbocycles. The van der Waals surface area contributed by atoms with Crippen molar-refractivity contribution < 1.29 is 0 Å². The Bertz CT molecular complexity index is 166. The highest BCUT2D eigenvalue weighted by atomic mass is 14.5. The van der Waals surface area contributed by atoms with Crippen LogP contribution in [0.25, 0.3) is 0 Å². The number of rotatable bonds is 5. The molecule has 0 radical (unpaired) electrons. The highest BCUT2D eigenvalue weighted by Crippen LogP contribution is 2.04. The lowest BCUT2D eigenvalue weighted by Crippen LogP contribution is -1.99. The van der Waals surface area contributed by atoms with Crippen LogP contribution in [0.3, 0.4) is 0 Å². The van der Waals surface area contributed by atoms with Crippen LogP contribution in [0.5, 0.6) is 0 Å². The molecule has 0 unspecified atom stereocenters. The summed E-state index contributed by atoms with van der Waals surface area (Å²) in [5.41, 5.74) is 7.74. The third kappa shape index (κ3) is 5.62. The molecule has 0 bridgehead atoms. The first-order valence-corrected chi connectivity index (χ1v) is 3.86. The summed E-state index contributed by atoms with van der Waals surface area (Å²) in [5, 5.41) is 0. The monoisotopic (exact) mass is 151 g/mol. The SMILES string of the molecule is C=CC(=C)CC/C=C(\C)CN. The molecule has 0 rings (SSSR count). The van der Waals surface area contributed by atoms with Gasteiger partial charge in [-0.15, -0.1) is 0 Å². The molecular formula is C10H17N. The van der Waals surface area contributed by atoms with Crippen LogP contribution in [0.2, 0.25) is 0 Å². The van der Waals surface area contributed by atoms with Gasteiger partial charge < -0.3 is 5.73 Å². The Morgan fingerprint density at radius 3 is 2.64 bits per heavy atom. The molecule has 0 saturated carbocycles. The first kappa shape index (κ1) is 10.2. The van der Waals surface area contributed by atoms with Gasteiger partial charge >= 0.3 is 0 Å². The Labute approximate surface area is 69.3 Å². The van der Waals surface area contributed by atoms with Crippen LogP contribution in [-0.2, 0) is 0 Å². The van der Waals surface area contributed by atoms with Crippen molar-refractivity contribution in [3.8, 4) is 0 Å². The average Bonchev–Trinajstić information content (AvgIpc) is 2.04. The first-order chi connectivity index (χ1) is 5.20. The van der Waals surface area contributed by atoms with Crippen LogP contribution in [-0.4, -0.2) is 6.54 Å². The zero-order valence-electron chi connectivity index (χ0n) is 7.27. The van der Waals surface area contributed by atoms with Gasteiger partial charge in [0.25, 0.3) is 0 Å². The molecule has 2 N–H and O–H groups in total. The smallest absolute Gasteiger partial charge is 0.0134 e. The quantitative estimate of drug-likeness (QED) is 0.474. The maximum Gasteiger partial charge on any atom is 0.0134 e. The molecule has 0 spiro atoms. The van der Waals surface area contributed by atoms with Gasteiger partial charge in [-0.05, 0) is 19.8 Å². The molecule has 0 amide bonds. The van der Waals surface area contributed by atoms with E-state index in [2.05, 4.69) is 19.2 Å². The lowest BCUT2D eigenvalue weighted by Gasteiger charge is -1.96. The molecule has 11 heavy (non-hydrogen) atoms. The van der Waals surface area contributed by atoms with Crippen LogP contribution >= 0.6 is 0 Å². The minimum absolute atomic E-state index is 0.653. The van der Waals surface area contributed by atoms with Crippen molar-refractivity contribution in [2.24, 2.45) is 5.73 Å². The van der Waals surface area contributed by atoms with E-state index >= 15 is 0 Å². The lowest BCUT2D eigenvalue weighted by molar-refractivity contribution is 0.984. The van der Waals surface area contributed by atoms with Crippen LogP contribution in [0.1, 0.15) is 19.8 Å². The van der Waals surface area contributed by atoms with Crippen molar-refractivity contribution in [2.75, 3.05) is 6.54 Å². The van der Waals surface area contributed by atoms with Gasteiger partial charge in [-0.3, -0.25) is 0 Å². The van der Waals surface area contributed by atoms with Crippen LogP contribution in [0, 0.1) is 0 Å². The number of allylic oxidation sites excluding steroid dienone is 3. The van der Waals surface area contributed by atoms with Gasteiger partial charge in [-0.2, -0.15) is 0 Å². The van der Waals surface area contributed by atoms with Crippen molar-refractivity contribution in [2.45, 2.75) is 19.8 Å². The van der Waals surface area contributed by atoms with E-state index in [9.17, 15) is 0 Å². The molecular weight excluding hydrogens is 134 g/mol. The largest absolute Gasteiger partial charge is 0.327 e. The molecule has 0 aromatic heterocycles. The van der Waals surface area contributed by atoms with Crippen LogP contribution in [0.4, 0.5) is 0 Å². The highest BCUT2D eigenvalue weighted by Gasteiger charge is 1.87. The predicted octanol–water partition coefficient (Wildman–Crippen LogP) is 2.41. The maximum atomic E-state index is 5.41. The zero-order valence-corrected chi connectivity index (χ0v) is 7.27. The molecule has 0 heterocycles. The summed E-state index contributed by atoms with van der Waals surface area (Å²) in [6.45, 7) is 10.1. The van der Waals surface area contributed by atoms with Crippen molar-refractivity contribution in [3.63, 3.8) is 0 Å². The third-order valence-corrected chi connectivity index (χ3v) is 1.57. The molecule has 62 valence electrons. The highest BCUT2D eigenvalue weighted by molar-refractivity contribution is 5.12. The zero-order chi connectivity index (χ0) is 8.69. The van der Waals surface area contributed by atoms with E-state index in [1.54, 1.807) is 6.08 Å². The fraction of sp³-hybridized carbons (Fsp3) is 0.400.